The zero-order valence-electron chi connectivity index (χ0n) is 18.7. The lowest BCUT2D eigenvalue weighted by atomic mass is 9.89. The molecule has 1 heterocycles. The van der Waals surface area contributed by atoms with Crippen LogP contribution in [0.4, 0.5) is 13.2 Å². The highest BCUT2D eigenvalue weighted by Gasteiger charge is 2.42. The average Bonchev–Trinajstić information content (AvgIpc) is 2.84. The summed E-state index contributed by atoms with van der Waals surface area (Å²) in [6, 6.07) is 25.7. The number of hydrogen-bond acceptors (Lipinski definition) is 4. The Balaban J connectivity index is 0.000000509. The van der Waals surface area contributed by atoms with Crippen LogP contribution in [0.3, 0.4) is 0 Å². The molecule has 0 aliphatic carbocycles. The van der Waals surface area contributed by atoms with Gasteiger partial charge >= 0.3 is 18.1 Å². The highest BCUT2D eigenvalue weighted by atomic mass is 19.4. The zero-order valence-corrected chi connectivity index (χ0v) is 18.7. The van der Waals surface area contributed by atoms with Gasteiger partial charge in [-0.05, 0) is 36.2 Å². The molecule has 6 nitrogen and oxygen atoms in total. The van der Waals surface area contributed by atoms with E-state index in [1.54, 1.807) is 6.07 Å². The summed E-state index contributed by atoms with van der Waals surface area (Å²) in [5, 5.41) is 14.8. The summed E-state index contributed by atoms with van der Waals surface area (Å²) in [5.74, 6) is -3.39. The predicted molar refractivity (Wildman–Crippen MR) is 122 cm³/mol. The molecule has 4 rings (SSSR count). The number of ether oxygens (including phenoxy) is 1. The van der Waals surface area contributed by atoms with Gasteiger partial charge in [-0.25, -0.2) is 9.59 Å². The van der Waals surface area contributed by atoms with Gasteiger partial charge in [0.15, 0.2) is 0 Å². The Bertz CT molecular complexity index is 1090. The van der Waals surface area contributed by atoms with Gasteiger partial charge in [0.25, 0.3) is 0 Å². The van der Waals surface area contributed by atoms with Gasteiger partial charge in [0, 0.05) is 12.6 Å². The Morgan fingerprint density at radius 2 is 1.40 bits per heavy atom. The maximum absolute atomic E-state index is 13.0. The van der Waals surface area contributed by atoms with Crippen LogP contribution >= 0.6 is 0 Å². The van der Waals surface area contributed by atoms with Gasteiger partial charge in [0.05, 0.1) is 11.6 Å². The van der Waals surface area contributed by atoms with E-state index >= 15 is 0 Å². The van der Waals surface area contributed by atoms with E-state index in [2.05, 4.69) is 36.1 Å². The van der Waals surface area contributed by atoms with E-state index in [1.807, 2.05) is 36.4 Å². The van der Waals surface area contributed by atoms with Gasteiger partial charge in [-0.2, -0.15) is 13.2 Å². The Morgan fingerprint density at radius 1 is 0.886 bits per heavy atom. The lowest BCUT2D eigenvalue weighted by Crippen LogP contribution is -2.62. The fourth-order valence-electron chi connectivity index (χ4n) is 3.85. The van der Waals surface area contributed by atoms with E-state index in [4.69, 9.17) is 24.5 Å². The number of benzene rings is 3. The van der Waals surface area contributed by atoms with Crippen molar-refractivity contribution in [1.82, 2.24) is 4.90 Å². The first-order chi connectivity index (χ1) is 16.6. The van der Waals surface area contributed by atoms with Gasteiger partial charge in [-0.3, -0.25) is 4.90 Å². The summed E-state index contributed by atoms with van der Waals surface area (Å²) < 4.78 is 44.8. The van der Waals surface area contributed by atoms with Gasteiger partial charge in [-0.15, -0.1) is 0 Å². The van der Waals surface area contributed by atoms with Crippen LogP contribution in [0.15, 0.2) is 84.9 Å². The standard InChI is InChI=1S/C24H22F3NO.C2H2O4/c1-17-22(29-21-14-8-13-20(15-21)24(25,26)27)16-28(17)23(18-9-4-2-5-10-18)19-11-6-3-7-12-19;3-1(4)2(5)6/h2-15,17,22-23H,16H2,1H3;(H,3,4)(H,5,6)/t17-,22+;/m1./s1. The summed E-state index contributed by atoms with van der Waals surface area (Å²) in [6.07, 6.45) is -4.53. The zero-order chi connectivity index (χ0) is 25.6. The van der Waals surface area contributed by atoms with Crippen LogP contribution in [0.2, 0.25) is 0 Å². The third-order valence-electron chi connectivity index (χ3n) is 5.65. The van der Waals surface area contributed by atoms with Crippen LogP contribution in [-0.2, 0) is 15.8 Å². The number of alkyl halides is 3. The number of hydrogen-bond donors (Lipinski definition) is 2. The first kappa shape index (κ1) is 25.8. The number of nitrogens with zero attached hydrogens (tertiary/aromatic N) is 1. The van der Waals surface area contributed by atoms with E-state index in [1.165, 1.54) is 17.2 Å². The average molecular weight is 487 g/mol. The van der Waals surface area contributed by atoms with Crippen molar-refractivity contribution in [1.29, 1.82) is 0 Å². The quantitative estimate of drug-likeness (QED) is 0.487. The molecule has 0 aromatic heterocycles. The lowest BCUT2D eigenvalue weighted by molar-refractivity contribution is -0.159. The van der Waals surface area contributed by atoms with Crippen LogP contribution < -0.4 is 4.74 Å². The van der Waals surface area contributed by atoms with Crippen molar-refractivity contribution in [3.63, 3.8) is 0 Å². The van der Waals surface area contributed by atoms with Crippen molar-refractivity contribution in [2.45, 2.75) is 31.3 Å². The summed E-state index contributed by atoms with van der Waals surface area (Å²) in [7, 11) is 0. The van der Waals surface area contributed by atoms with Crippen LogP contribution in [0.5, 0.6) is 5.75 Å². The van der Waals surface area contributed by atoms with Crippen LogP contribution in [0.25, 0.3) is 0 Å². The maximum Gasteiger partial charge on any atom is 0.416 e. The molecule has 2 N–H and O–H groups in total. The largest absolute Gasteiger partial charge is 0.487 e. The molecule has 0 radical (unpaired) electrons. The molecule has 35 heavy (non-hydrogen) atoms. The van der Waals surface area contributed by atoms with Gasteiger partial charge < -0.3 is 14.9 Å². The fourth-order valence-corrected chi connectivity index (χ4v) is 3.85. The molecule has 1 saturated heterocycles. The Morgan fingerprint density at radius 3 is 1.83 bits per heavy atom. The number of rotatable bonds is 5. The number of carboxylic acid groups (broad SMARTS) is 2. The first-order valence-corrected chi connectivity index (χ1v) is 10.7. The molecule has 9 heteroatoms. The summed E-state index contributed by atoms with van der Waals surface area (Å²) in [6.45, 7) is 2.70. The summed E-state index contributed by atoms with van der Waals surface area (Å²) in [5.41, 5.74) is 1.68. The van der Waals surface area contributed by atoms with E-state index in [0.29, 0.717) is 6.54 Å². The molecule has 1 aliphatic rings. The Hall–Kier alpha value is -3.85. The Kier molecular flexibility index (Phi) is 8.14. The second kappa shape index (κ2) is 11.1. The summed E-state index contributed by atoms with van der Waals surface area (Å²) in [4.78, 5) is 20.5. The van der Waals surface area contributed by atoms with Gasteiger partial charge in [0.1, 0.15) is 11.9 Å². The van der Waals surface area contributed by atoms with E-state index < -0.39 is 23.7 Å². The number of likely N-dealkylation sites (tertiary alicyclic amines) is 1. The minimum absolute atomic E-state index is 0.0648. The molecule has 1 fully saturated rings. The van der Waals surface area contributed by atoms with E-state index in [0.717, 1.165) is 12.1 Å². The van der Waals surface area contributed by atoms with Gasteiger partial charge in [0.2, 0.25) is 0 Å². The van der Waals surface area contributed by atoms with Crippen LogP contribution in [-0.4, -0.2) is 45.7 Å². The number of aliphatic carboxylic acids is 2. The van der Waals surface area contributed by atoms with Crippen molar-refractivity contribution < 1.29 is 37.7 Å². The maximum atomic E-state index is 13.0. The molecule has 3 aromatic carbocycles. The SMILES string of the molecule is C[C@@H]1[C@@H](Oc2cccc(C(F)(F)F)c2)CN1C(c1ccccc1)c1ccccc1.O=C(O)C(=O)O. The van der Waals surface area contributed by atoms with Crippen molar-refractivity contribution in [3.05, 3.63) is 102 Å². The molecule has 2 atom stereocenters. The third-order valence-corrected chi connectivity index (χ3v) is 5.65. The first-order valence-electron chi connectivity index (χ1n) is 10.7. The fraction of sp³-hybridized carbons (Fsp3) is 0.231. The van der Waals surface area contributed by atoms with E-state index in [9.17, 15) is 13.2 Å². The molecular formula is C26H24F3NO5. The van der Waals surface area contributed by atoms with Crippen LogP contribution in [0.1, 0.15) is 29.7 Å². The second-order valence-electron chi connectivity index (χ2n) is 7.95. The molecule has 3 aromatic rings. The predicted octanol–water partition coefficient (Wildman–Crippen LogP) is 5.10. The molecule has 184 valence electrons. The molecular weight excluding hydrogens is 463 g/mol. The lowest BCUT2D eigenvalue weighted by Gasteiger charge is -2.50. The minimum Gasteiger partial charge on any atom is -0.487 e. The molecule has 0 saturated carbocycles. The molecule has 0 amide bonds. The highest BCUT2D eigenvalue weighted by Crippen LogP contribution is 2.38. The van der Waals surface area contributed by atoms with Crippen molar-refractivity contribution in [2.75, 3.05) is 6.54 Å². The third kappa shape index (κ3) is 6.60. The van der Waals surface area contributed by atoms with Gasteiger partial charge in [-0.1, -0.05) is 66.7 Å². The summed E-state index contributed by atoms with van der Waals surface area (Å²) >= 11 is 0. The second-order valence-corrected chi connectivity index (χ2v) is 7.95. The number of halogens is 3. The van der Waals surface area contributed by atoms with Crippen LogP contribution in [0, 0.1) is 0 Å². The monoisotopic (exact) mass is 487 g/mol. The number of carboxylic acids is 2. The number of carbonyl (C=O) groups is 2. The van der Waals surface area contributed by atoms with E-state index in [-0.39, 0.29) is 23.9 Å². The Labute approximate surface area is 200 Å². The topological polar surface area (TPSA) is 87.1 Å². The van der Waals surface area contributed by atoms with Crippen molar-refractivity contribution in [2.24, 2.45) is 0 Å². The smallest absolute Gasteiger partial charge is 0.416 e. The van der Waals surface area contributed by atoms with Crippen molar-refractivity contribution in [3.8, 4) is 5.75 Å². The normalized spacial score (nSPS) is 17.6. The molecule has 0 unspecified atom stereocenters. The highest BCUT2D eigenvalue weighted by molar-refractivity contribution is 6.27. The molecule has 1 aliphatic heterocycles. The minimum atomic E-state index is -4.37. The van der Waals surface area contributed by atoms with Crippen molar-refractivity contribution >= 4 is 11.9 Å². The molecule has 0 bridgehead atoms. The molecule has 0 spiro atoms.